The Morgan fingerprint density at radius 3 is 2.68 bits per heavy atom. The second kappa shape index (κ2) is 11.0. The third kappa shape index (κ3) is 5.10. The first kappa shape index (κ1) is 26.4. The van der Waals surface area contributed by atoms with Gasteiger partial charge in [0.2, 0.25) is 11.9 Å². The average molecular weight is 560 g/mol. The summed E-state index contributed by atoms with van der Waals surface area (Å²) in [4.78, 5) is 36.4. The molecule has 2 aliphatic rings. The summed E-state index contributed by atoms with van der Waals surface area (Å²) in [7, 11) is 3.06. The van der Waals surface area contributed by atoms with Gasteiger partial charge in [-0.15, -0.1) is 5.10 Å². The van der Waals surface area contributed by atoms with E-state index in [1.54, 1.807) is 40.8 Å². The molecular weight excluding hydrogens is 526 g/mol. The smallest absolute Gasteiger partial charge is 0.255 e. The Labute approximate surface area is 236 Å². The SMILES string of the molecule is COc1cc(-n2cnc(Nc3nc(N4CCC[C@H]4C(N)=O)nn4cccc34)c2)cc(C(=O)NC2CCCC2)c1OC. The largest absolute Gasteiger partial charge is 0.493 e. The quantitative estimate of drug-likeness (QED) is 0.281. The molecule has 3 aromatic heterocycles. The number of carbonyl (C=O) groups excluding carboxylic acids is 2. The summed E-state index contributed by atoms with van der Waals surface area (Å²) in [5.74, 6) is 1.70. The minimum absolute atomic E-state index is 0.161. The van der Waals surface area contributed by atoms with Crippen molar-refractivity contribution in [3.63, 3.8) is 0 Å². The number of benzene rings is 1. The van der Waals surface area contributed by atoms with E-state index in [2.05, 4.69) is 20.7 Å². The molecule has 4 heterocycles. The van der Waals surface area contributed by atoms with Gasteiger partial charge in [0.25, 0.3) is 5.91 Å². The second-order valence-corrected chi connectivity index (χ2v) is 10.3. The van der Waals surface area contributed by atoms with Crippen LogP contribution in [0.4, 0.5) is 17.6 Å². The lowest BCUT2D eigenvalue weighted by Gasteiger charge is -2.22. The van der Waals surface area contributed by atoms with Gasteiger partial charge in [0.1, 0.15) is 23.7 Å². The van der Waals surface area contributed by atoms with Crippen LogP contribution in [0.1, 0.15) is 48.9 Å². The van der Waals surface area contributed by atoms with Crippen LogP contribution in [0.5, 0.6) is 11.5 Å². The maximum Gasteiger partial charge on any atom is 0.255 e. The van der Waals surface area contributed by atoms with E-state index in [1.807, 2.05) is 23.2 Å². The number of primary amides is 1. The summed E-state index contributed by atoms with van der Waals surface area (Å²) < 4.78 is 14.6. The lowest BCUT2D eigenvalue weighted by atomic mass is 10.1. The van der Waals surface area contributed by atoms with Crippen LogP contribution in [-0.4, -0.2) is 68.8 Å². The highest BCUT2D eigenvalue weighted by Gasteiger charge is 2.32. The molecule has 2 fully saturated rings. The number of aromatic nitrogens is 5. The number of carbonyl (C=O) groups is 2. The van der Waals surface area contributed by atoms with Crippen LogP contribution in [0.3, 0.4) is 0 Å². The Morgan fingerprint density at radius 2 is 1.93 bits per heavy atom. The first-order valence-electron chi connectivity index (χ1n) is 13.7. The summed E-state index contributed by atoms with van der Waals surface area (Å²) in [5, 5.41) is 11.0. The highest BCUT2D eigenvalue weighted by atomic mass is 16.5. The van der Waals surface area contributed by atoms with Gasteiger partial charge in [-0.25, -0.2) is 9.50 Å². The summed E-state index contributed by atoms with van der Waals surface area (Å²) in [5.41, 5.74) is 7.45. The molecule has 214 valence electrons. The fraction of sp³-hybridized carbons (Fsp3) is 0.393. The highest BCUT2D eigenvalue weighted by Crippen LogP contribution is 2.35. The van der Waals surface area contributed by atoms with Gasteiger partial charge in [-0.3, -0.25) is 9.59 Å². The molecule has 1 aliphatic carbocycles. The minimum atomic E-state index is -0.444. The number of hydrogen-bond acceptors (Lipinski definition) is 9. The predicted molar refractivity (Wildman–Crippen MR) is 152 cm³/mol. The van der Waals surface area contributed by atoms with E-state index >= 15 is 0 Å². The number of nitrogens with two attached hydrogens (primary N) is 1. The molecule has 0 bridgehead atoms. The molecule has 1 aliphatic heterocycles. The van der Waals surface area contributed by atoms with Crippen LogP contribution < -0.4 is 30.7 Å². The molecule has 4 aromatic rings. The number of rotatable bonds is 9. The van der Waals surface area contributed by atoms with Gasteiger partial charge in [0.15, 0.2) is 17.3 Å². The molecule has 1 aromatic carbocycles. The van der Waals surface area contributed by atoms with Crippen molar-refractivity contribution in [2.45, 2.75) is 50.6 Å². The molecule has 4 N–H and O–H groups in total. The number of amides is 2. The second-order valence-electron chi connectivity index (χ2n) is 10.3. The van der Waals surface area contributed by atoms with Gasteiger partial charge in [0.05, 0.1) is 31.7 Å². The minimum Gasteiger partial charge on any atom is -0.493 e. The van der Waals surface area contributed by atoms with E-state index in [1.165, 1.54) is 7.11 Å². The molecule has 1 saturated carbocycles. The Balaban J connectivity index is 1.31. The fourth-order valence-corrected chi connectivity index (χ4v) is 5.69. The summed E-state index contributed by atoms with van der Waals surface area (Å²) >= 11 is 0. The monoisotopic (exact) mass is 559 g/mol. The Kier molecular flexibility index (Phi) is 7.08. The lowest BCUT2D eigenvalue weighted by Crippen LogP contribution is -2.41. The van der Waals surface area contributed by atoms with Gasteiger partial charge in [-0.05, 0) is 43.9 Å². The number of nitrogens with zero attached hydrogens (tertiary/aromatic N) is 6. The van der Waals surface area contributed by atoms with Crippen molar-refractivity contribution in [3.8, 4) is 17.2 Å². The van der Waals surface area contributed by atoms with Gasteiger partial charge in [0, 0.05) is 24.8 Å². The first-order valence-corrected chi connectivity index (χ1v) is 13.7. The molecule has 0 radical (unpaired) electrons. The summed E-state index contributed by atoms with van der Waals surface area (Å²) in [6.07, 6.45) is 10.9. The van der Waals surface area contributed by atoms with Crippen LogP contribution in [0.25, 0.3) is 11.2 Å². The number of methoxy groups -OCH3 is 2. The zero-order valence-electron chi connectivity index (χ0n) is 23.0. The van der Waals surface area contributed by atoms with Crippen LogP contribution in [0.15, 0.2) is 43.0 Å². The van der Waals surface area contributed by atoms with Crippen molar-refractivity contribution < 1.29 is 19.1 Å². The van der Waals surface area contributed by atoms with E-state index in [-0.39, 0.29) is 11.9 Å². The van der Waals surface area contributed by atoms with E-state index in [0.717, 1.165) is 37.6 Å². The Bertz CT molecular complexity index is 1590. The molecule has 41 heavy (non-hydrogen) atoms. The third-order valence-corrected chi connectivity index (χ3v) is 7.74. The van der Waals surface area contributed by atoms with Gasteiger partial charge < -0.3 is 35.3 Å². The van der Waals surface area contributed by atoms with Crippen LogP contribution in [-0.2, 0) is 4.79 Å². The predicted octanol–water partition coefficient (Wildman–Crippen LogP) is 2.80. The number of imidazole rings is 1. The van der Waals surface area contributed by atoms with Crippen LogP contribution >= 0.6 is 0 Å². The van der Waals surface area contributed by atoms with Crippen LogP contribution in [0, 0.1) is 0 Å². The van der Waals surface area contributed by atoms with Crippen molar-refractivity contribution in [2.75, 3.05) is 31.0 Å². The van der Waals surface area contributed by atoms with E-state index in [9.17, 15) is 9.59 Å². The first-order chi connectivity index (χ1) is 19.9. The molecule has 6 rings (SSSR count). The van der Waals surface area contributed by atoms with Gasteiger partial charge in [-0.1, -0.05) is 12.8 Å². The Hall–Kier alpha value is -4.81. The van der Waals surface area contributed by atoms with E-state index < -0.39 is 11.9 Å². The zero-order chi connectivity index (χ0) is 28.5. The number of hydrogen-bond donors (Lipinski definition) is 3. The maximum atomic E-state index is 13.3. The fourth-order valence-electron chi connectivity index (χ4n) is 5.69. The Morgan fingerprint density at radius 1 is 1.10 bits per heavy atom. The number of anilines is 3. The highest BCUT2D eigenvalue weighted by molar-refractivity contribution is 5.98. The molecule has 1 saturated heterocycles. The molecule has 1 atom stereocenters. The molecule has 0 unspecified atom stereocenters. The topological polar surface area (TPSA) is 154 Å². The maximum absolute atomic E-state index is 13.3. The summed E-state index contributed by atoms with van der Waals surface area (Å²) in [6, 6.07) is 7.04. The third-order valence-electron chi connectivity index (χ3n) is 7.74. The number of ether oxygens (including phenoxy) is 2. The van der Waals surface area contributed by atoms with Gasteiger partial charge in [-0.2, -0.15) is 4.98 Å². The number of fused-ring (bicyclic) bond motifs is 1. The lowest BCUT2D eigenvalue weighted by molar-refractivity contribution is -0.119. The van der Waals surface area contributed by atoms with Crippen molar-refractivity contribution >= 4 is 34.9 Å². The van der Waals surface area contributed by atoms with Crippen LogP contribution in [0.2, 0.25) is 0 Å². The molecule has 0 spiro atoms. The average Bonchev–Trinajstić information content (AvgIpc) is 3.79. The van der Waals surface area contributed by atoms with Crippen molar-refractivity contribution in [2.24, 2.45) is 5.73 Å². The zero-order valence-corrected chi connectivity index (χ0v) is 23.0. The van der Waals surface area contributed by atoms with Crippen molar-refractivity contribution in [3.05, 3.63) is 48.5 Å². The van der Waals surface area contributed by atoms with Crippen molar-refractivity contribution in [1.82, 2.24) is 29.5 Å². The van der Waals surface area contributed by atoms with Crippen molar-refractivity contribution in [1.29, 1.82) is 0 Å². The molecule has 13 heteroatoms. The van der Waals surface area contributed by atoms with E-state index in [0.29, 0.717) is 53.3 Å². The van der Waals surface area contributed by atoms with E-state index in [4.69, 9.17) is 20.2 Å². The van der Waals surface area contributed by atoms with Gasteiger partial charge >= 0.3 is 0 Å². The number of nitrogens with one attached hydrogen (secondary N) is 2. The molecular formula is C28H33N9O4. The molecule has 2 amide bonds. The normalized spacial score (nSPS) is 17.2. The summed E-state index contributed by atoms with van der Waals surface area (Å²) in [6.45, 7) is 0.643. The standard InChI is InChI=1S/C28H33N9O4/c1-40-22-14-18(13-19(24(22)41-2)27(39)31-17-7-3-4-8-17)35-15-23(30-16-35)32-26-21-10-6-12-37(21)34-28(33-26)36-11-5-9-20(36)25(29)38/h6,10,12-17,20H,3-5,7-9,11H2,1-2H3,(H2,29,38)(H,31,39)(H,32,33,34)/t20-/m0/s1. The molecule has 13 nitrogen and oxygen atoms in total.